The van der Waals surface area contributed by atoms with Gasteiger partial charge in [-0.25, -0.2) is 0 Å². The van der Waals surface area contributed by atoms with Crippen LogP contribution in [-0.2, 0) is 57.4 Å². The molecule has 0 aliphatic heterocycles. The highest BCUT2D eigenvalue weighted by Crippen LogP contribution is 2.41. The van der Waals surface area contributed by atoms with E-state index in [1.165, 1.54) is 51.4 Å². The van der Waals surface area contributed by atoms with Gasteiger partial charge >= 0.3 is 11.9 Å². The summed E-state index contributed by atoms with van der Waals surface area (Å²) < 4.78 is 11.6. The number of ketones is 3. The average Bonchev–Trinajstić information content (AvgIpc) is 0.794. The van der Waals surface area contributed by atoms with Crippen LogP contribution in [0, 0.1) is 39.9 Å². The molecular weight excluding hydrogens is 1630 g/mol. The molecule has 756 valence electrons. The molecule has 29 nitrogen and oxygen atoms in total. The molecule has 0 radical (unpaired) electrons. The van der Waals surface area contributed by atoms with E-state index in [2.05, 4.69) is 106 Å². The largest absolute Gasteiger partial charge is 0.464 e. The Balaban J connectivity index is 7.11. The van der Waals surface area contributed by atoms with E-state index in [1.54, 1.807) is 89.3 Å². The Morgan fingerprint density at radius 1 is 0.287 bits per heavy atom. The molecule has 3 N–H and O–H groups in total. The molecule has 0 aromatic heterocycles. The Morgan fingerprint density at radius 3 is 0.915 bits per heavy atom. The molecule has 4 unspecified atom stereocenters. The predicted octanol–water partition coefficient (Wildman–Crippen LogP) is 10.0. The minimum absolute atomic E-state index is 0.0275. The first-order valence-electron chi connectivity index (χ1n) is 50.6. The molecule has 0 aromatic carbocycles. The topological polar surface area (TPSA) is 271 Å². The van der Waals surface area contributed by atoms with Crippen LogP contribution in [0.1, 0.15) is 251 Å². The van der Waals surface area contributed by atoms with Gasteiger partial charge in [0.05, 0.1) is 12.8 Å². The van der Waals surface area contributed by atoms with Gasteiger partial charge in [0.15, 0.2) is 0 Å². The molecule has 0 heterocycles. The number of carbonyl (C=O) groups excluding carboxylic acids is 10. The van der Waals surface area contributed by atoms with E-state index < -0.39 is 39.9 Å². The Labute approximate surface area is 788 Å². The van der Waals surface area contributed by atoms with Gasteiger partial charge in [0.2, 0.25) is 29.5 Å². The minimum atomic E-state index is -1.36. The number of rotatable bonds is 85. The summed E-state index contributed by atoms with van der Waals surface area (Å²) in [5, 5.41) is 9.36. The lowest BCUT2D eigenvalue weighted by atomic mass is 9.67. The maximum atomic E-state index is 16.1. The molecule has 0 aliphatic carbocycles. The number of nitrogens with one attached hydrogen (secondary N) is 3. The first-order valence-corrected chi connectivity index (χ1v) is 50.6. The number of hydrogen-bond donors (Lipinski definition) is 3. The van der Waals surface area contributed by atoms with Crippen molar-refractivity contribution in [2.75, 3.05) is 301 Å². The predicted molar refractivity (Wildman–Crippen MR) is 531 cm³/mol. The normalized spacial score (nSPS) is 13.3. The summed E-state index contributed by atoms with van der Waals surface area (Å²) in [7, 11) is 22.6. The van der Waals surface area contributed by atoms with Crippen LogP contribution in [0.25, 0.3) is 0 Å². The van der Waals surface area contributed by atoms with Gasteiger partial charge in [-0.2, -0.15) is 0 Å². The summed E-state index contributed by atoms with van der Waals surface area (Å²) >= 11 is 0. The maximum absolute atomic E-state index is 16.1. The van der Waals surface area contributed by atoms with Crippen LogP contribution < -0.4 is 16.0 Å². The second-order valence-electron chi connectivity index (χ2n) is 39.7. The van der Waals surface area contributed by atoms with E-state index in [9.17, 15) is 28.8 Å². The number of amides is 5. The van der Waals surface area contributed by atoms with E-state index in [-0.39, 0.29) is 110 Å². The monoisotopic (exact) mass is 1830 g/mol. The van der Waals surface area contributed by atoms with Gasteiger partial charge in [0.25, 0.3) is 0 Å². The fourth-order valence-corrected chi connectivity index (χ4v) is 16.0. The highest BCUT2D eigenvalue weighted by Gasteiger charge is 2.45. The first-order chi connectivity index (χ1) is 61.1. The average molecular weight is 1830 g/mol. The van der Waals surface area contributed by atoms with Crippen molar-refractivity contribution >= 4 is 58.8 Å². The van der Waals surface area contributed by atoms with Crippen molar-refractivity contribution in [3.05, 3.63) is 0 Å². The molecule has 5 amide bonds. The first kappa shape index (κ1) is 124. The summed E-state index contributed by atoms with van der Waals surface area (Å²) in [5.41, 5.74) is -3.80. The number of unbranched alkanes of at least 4 members (excludes halogenated alkanes) is 7. The van der Waals surface area contributed by atoms with Crippen molar-refractivity contribution in [1.82, 2.24) is 84.5 Å². The highest BCUT2D eigenvalue weighted by atomic mass is 16.5. The number of ether oxygens (including phenoxy) is 2. The molecule has 0 aromatic rings. The molecule has 0 rings (SSSR count). The summed E-state index contributed by atoms with van der Waals surface area (Å²) in [6.45, 7) is 51.5. The third-order valence-electron chi connectivity index (χ3n) is 26.2. The van der Waals surface area contributed by atoms with Gasteiger partial charge in [-0.1, -0.05) is 142 Å². The van der Waals surface area contributed by atoms with Crippen molar-refractivity contribution in [1.29, 1.82) is 0 Å². The molecular formula is C100H199N17O12. The lowest BCUT2D eigenvalue weighted by Crippen LogP contribution is -2.45. The lowest BCUT2D eigenvalue weighted by Gasteiger charge is -2.37. The van der Waals surface area contributed by atoms with Gasteiger partial charge in [0, 0.05) is 257 Å². The van der Waals surface area contributed by atoms with Crippen molar-refractivity contribution < 1.29 is 57.4 Å². The molecule has 129 heavy (non-hydrogen) atoms. The zero-order valence-corrected chi connectivity index (χ0v) is 87.8. The number of carbonyl (C=O) groups is 10. The van der Waals surface area contributed by atoms with Crippen molar-refractivity contribution in [3.8, 4) is 0 Å². The van der Waals surface area contributed by atoms with Gasteiger partial charge in [-0.3, -0.25) is 57.7 Å². The number of esters is 2. The smallest absolute Gasteiger partial charge is 0.307 e. The molecule has 0 fully saturated rings. The molecule has 0 saturated carbocycles. The SMILES string of the molecule is CCCCNC(=O)C(CC(=O)N(C)CCN(C)CCNC)CC(C)(C)C(=O)CC(CC(C)(C)C(=O)C(CC(=O)N(C)CCN(C)CCN(C)CCC(=O)OCCN(CCCC)CCN(CCCC)CCCC)CC(C)(C)C(=O)CC(CC)C(=O)N(C)CCN(C)CCN(C)CCC(=O)OCCN(CCCC)CCN(CCCC)CCCC)C(=O)N(C)CCN(C)CCNC. The number of likely N-dealkylation sites (N-methyl/N-ethyl adjacent to an activating group) is 12. The zero-order valence-electron chi connectivity index (χ0n) is 87.8. The fraction of sp³-hybridized carbons (Fsp3) is 0.900. The summed E-state index contributed by atoms with van der Waals surface area (Å²) in [4.78, 5) is 175. The summed E-state index contributed by atoms with van der Waals surface area (Å²) in [6, 6.07) is 0. The van der Waals surface area contributed by atoms with E-state index in [0.717, 1.165) is 137 Å². The van der Waals surface area contributed by atoms with Crippen LogP contribution in [0.15, 0.2) is 0 Å². The molecule has 0 aliphatic rings. The lowest BCUT2D eigenvalue weighted by molar-refractivity contribution is -0.145. The number of nitrogens with zero attached hydrogens (tertiary/aromatic N) is 14. The molecule has 29 heteroatoms. The fourth-order valence-electron chi connectivity index (χ4n) is 16.0. The zero-order chi connectivity index (χ0) is 97.5. The van der Waals surface area contributed by atoms with E-state index in [0.29, 0.717) is 131 Å². The van der Waals surface area contributed by atoms with Gasteiger partial charge < -0.3 is 84.2 Å². The van der Waals surface area contributed by atoms with Crippen LogP contribution in [0.3, 0.4) is 0 Å². The third-order valence-corrected chi connectivity index (χ3v) is 26.2. The number of hydrogen-bond acceptors (Lipinski definition) is 24. The molecule has 0 bridgehead atoms. The third kappa shape index (κ3) is 57.3. The Hall–Kier alpha value is -5.18. The molecule has 0 saturated heterocycles. The quantitative estimate of drug-likeness (QED) is 0.0377. The van der Waals surface area contributed by atoms with E-state index >= 15 is 19.2 Å². The highest BCUT2D eigenvalue weighted by molar-refractivity contribution is 5.95. The van der Waals surface area contributed by atoms with Crippen LogP contribution in [0.2, 0.25) is 0 Å². The number of Topliss-reactive ketones (excluding diaryl/α,β-unsaturated/α-hetero) is 3. The van der Waals surface area contributed by atoms with Gasteiger partial charge in [0.1, 0.15) is 30.6 Å². The Morgan fingerprint density at radius 2 is 0.574 bits per heavy atom. The Kier molecular flexibility index (Phi) is 69.4. The molecule has 0 spiro atoms. The Bertz CT molecular complexity index is 3010. The van der Waals surface area contributed by atoms with Crippen LogP contribution in [0.4, 0.5) is 0 Å². The minimum Gasteiger partial charge on any atom is -0.464 e. The second-order valence-corrected chi connectivity index (χ2v) is 39.7. The van der Waals surface area contributed by atoms with Gasteiger partial charge in [-0.15, -0.1) is 0 Å². The van der Waals surface area contributed by atoms with E-state index in [1.807, 2.05) is 70.2 Å². The standard InChI is InChI=1S/C100H199N17O12/c1-27-35-44-103-95(125)86(80-91(121)111(24)65-61-106(19)55-45-101-15)82-99(11,12)89(119)78-87(97(127)113(26)67-63-107(20)56-46-102-16)83-100(13,14)94(124)85(79-90(120)110(23)66-62-108(21)59-57-104(17)53-42-92(122)128-75-73-116(51-40-32-6)71-69-114(47-36-28-2)48-37-29-3)81-98(9,10)88(118)77-84(34-8)96(126)112(25)68-64-109(22)60-58-105(18)54-43-93(123)129-76-74-117(52-41-33-7)72-70-115(49-38-30-4)50-39-31-5/h84-87,101-102H,27-83H2,1-26H3,(H,103,125). The van der Waals surface area contributed by atoms with Crippen LogP contribution in [-0.4, -0.2) is 428 Å². The van der Waals surface area contributed by atoms with Crippen molar-refractivity contribution in [3.63, 3.8) is 0 Å². The van der Waals surface area contributed by atoms with Crippen molar-refractivity contribution in [2.45, 2.75) is 251 Å². The van der Waals surface area contributed by atoms with E-state index in [4.69, 9.17) is 9.47 Å². The summed E-state index contributed by atoms with van der Waals surface area (Å²) in [5.74, 6) is -6.22. The van der Waals surface area contributed by atoms with Crippen LogP contribution in [0.5, 0.6) is 0 Å². The summed E-state index contributed by atoms with van der Waals surface area (Å²) in [6.07, 6.45) is 15.6. The molecule has 4 atom stereocenters. The van der Waals surface area contributed by atoms with Gasteiger partial charge in [-0.05, 0) is 166 Å². The van der Waals surface area contributed by atoms with Crippen LogP contribution >= 0.6 is 0 Å². The maximum Gasteiger partial charge on any atom is 0.307 e. The second kappa shape index (κ2) is 72.3. The van der Waals surface area contributed by atoms with Crippen molar-refractivity contribution in [2.24, 2.45) is 39.9 Å².